The van der Waals surface area contributed by atoms with Crippen molar-refractivity contribution in [2.24, 2.45) is 17.3 Å². The molecule has 0 radical (unpaired) electrons. The minimum atomic E-state index is -5.05. The molecule has 2 aromatic heterocycles. The van der Waals surface area contributed by atoms with E-state index in [9.17, 15) is 32.2 Å². The van der Waals surface area contributed by atoms with Crippen molar-refractivity contribution in [1.82, 2.24) is 14.9 Å². The lowest BCUT2D eigenvalue weighted by molar-refractivity contribution is -0.274. The number of carbonyl (C=O) groups is 3. The zero-order valence-corrected chi connectivity index (χ0v) is 39.8. The van der Waals surface area contributed by atoms with Gasteiger partial charge in [-0.15, -0.1) is 31.1 Å². The van der Waals surface area contributed by atoms with Crippen LogP contribution in [0.2, 0.25) is 0 Å². The average Bonchev–Trinajstić information content (AvgIpc) is 3.63. The maximum Gasteiger partial charge on any atom is 0.573 e. The average molecular weight is 955 g/mol. The highest BCUT2D eigenvalue weighted by Crippen LogP contribution is 2.74. The van der Waals surface area contributed by atoms with Crippen LogP contribution in [0.4, 0.5) is 18.3 Å². The summed E-state index contributed by atoms with van der Waals surface area (Å²) in [6.45, 7) is 13.3. The van der Waals surface area contributed by atoms with Crippen molar-refractivity contribution >= 4 is 52.4 Å². The van der Waals surface area contributed by atoms with Gasteiger partial charge in [-0.3, -0.25) is 18.9 Å². The third-order valence-electron chi connectivity index (χ3n) is 12.8. The van der Waals surface area contributed by atoms with Crippen LogP contribution in [0.5, 0.6) is 17.2 Å². The number of nitrogens with zero attached hydrogens (tertiary/aromatic N) is 3. The van der Waals surface area contributed by atoms with Crippen molar-refractivity contribution < 1.29 is 56.0 Å². The number of pyridine rings is 1. The second-order valence-electron chi connectivity index (χ2n) is 19.0. The third kappa shape index (κ3) is 11.1. The Morgan fingerprint density at radius 2 is 1.77 bits per heavy atom. The van der Waals surface area contributed by atoms with Gasteiger partial charge in [-0.05, 0) is 75.5 Å². The number of ether oxygens (including phenoxy) is 4. The van der Waals surface area contributed by atoms with E-state index in [1.165, 1.54) is 40.5 Å². The van der Waals surface area contributed by atoms with Crippen LogP contribution in [-0.4, -0.2) is 86.9 Å². The molecule has 3 aliphatic rings. The van der Waals surface area contributed by atoms with Gasteiger partial charge in [-0.2, -0.15) is 0 Å². The van der Waals surface area contributed by atoms with Crippen LogP contribution in [0.25, 0.3) is 22.3 Å². The predicted octanol–water partition coefficient (Wildman–Crippen LogP) is 10.3. The summed E-state index contributed by atoms with van der Waals surface area (Å²) in [4.78, 5) is 66.3. The summed E-state index contributed by atoms with van der Waals surface area (Å²) in [5.41, 5.74) is 0.754. The molecule has 0 bridgehead atoms. The molecule has 2 N–H and O–H groups in total. The number of likely N-dealkylation sites (tertiary alicyclic amines) is 1. The van der Waals surface area contributed by atoms with Crippen molar-refractivity contribution in [1.29, 1.82) is 0 Å². The van der Waals surface area contributed by atoms with E-state index < -0.39 is 84.3 Å². The number of ketones is 1. The van der Waals surface area contributed by atoms with E-state index in [-0.39, 0.29) is 43.5 Å². The second kappa shape index (κ2) is 19.3. The Labute approximate surface area is 386 Å². The van der Waals surface area contributed by atoms with E-state index in [4.69, 9.17) is 24.2 Å². The van der Waals surface area contributed by atoms with E-state index in [1.807, 2.05) is 46.1 Å². The summed E-state index contributed by atoms with van der Waals surface area (Å²) in [7, 11) is -2.95. The topological polar surface area (TPSA) is 166 Å². The maximum atomic E-state index is 15.0. The number of para-hydroxylation sites is 1. The van der Waals surface area contributed by atoms with E-state index in [2.05, 4.69) is 16.6 Å². The smallest absolute Gasteiger partial charge is 0.497 e. The molecule has 0 spiro atoms. The molecule has 1 amide bonds. The first-order valence-corrected chi connectivity index (χ1v) is 25.0. The molecule has 3 heterocycles. The molecule has 7 rings (SSSR count). The van der Waals surface area contributed by atoms with Gasteiger partial charge >= 0.3 is 12.3 Å². The molecule has 1 unspecified atom stereocenters. The standard InChI is InChI=1S/C48H58F3N4O9PS/c1-8-30-23-47(30,65(59,60)26-29-13-9-12-16-41(29)64-48(49,50)51)24-40(56)39-20-33(25-55(39)44(58)35(46(4,5)6)21-43(57)63-31-14-10-11-15-31)62-42-22-37(38-27-66-45(54-38)52-28(2)3)53-36-19-32(61-7)17-18-34(36)42/h8-9,12-13,16-19,22,27-28,30-31,33,35,39H,1,10-11,14-15,20-21,23-26H2,2-7H3,(H,52,54)(H,59,60)/t30-,33-,35-,39+,47-/m1/s1. The fourth-order valence-corrected chi connectivity index (χ4v) is 12.6. The summed E-state index contributed by atoms with van der Waals surface area (Å²) in [5.74, 6) is -2.67. The van der Waals surface area contributed by atoms with Gasteiger partial charge in [0.25, 0.3) is 0 Å². The molecule has 2 aliphatic carbocycles. The number of methoxy groups -OCH3 is 1. The Bertz CT molecular complexity index is 2500. The van der Waals surface area contributed by atoms with Crippen molar-refractivity contribution in [3.8, 4) is 28.6 Å². The number of Topliss-reactive ketones (excluding diaryl/α,β-unsaturated/α-hetero) is 1. The number of nitrogens with one attached hydrogen (secondary N) is 1. The summed E-state index contributed by atoms with van der Waals surface area (Å²) >= 11 is 1.43. The molecule has 3 fully saturated rings. The van der Waals surface area contributed by atoms with Crippen LogP contribution in [0.3, 0.4) is 0 Å². The van der Waals surface area contributed by atoms with Gasteiger partial charge in [0.15, 0.2) is 10.9 Å². The Kier molecular flexibility index (Phi) is 14.3. The quantitative estimate of drug-likeness (QED) is 0.0551. The monoisotopic (exact) mass is 954 g/mol. The third-order valence-corrected chi connectivity index (χ3v) is 16.4. The number of anilines is 1. The molecule has 4 aromatic rings. The van der Waals surface area contributed by atoms with Crippen LogP contribution in [0.15, 0.2) is 66.6 Å². The lowest BCUT2D eigenvalue weighted by atomic mass is 9.77. The first-order chi connectivity index (χ1) is 31.1. The van der Waals surface area contributed by atoms with Crippen LogP contribution >= 0.6 is 18.7 Å². The Morgan fingerprint density at radius 3 is 2.42 bits per heavy atom. The van der Waals surface area contributed by atoms with Crippen molar-refractivity contribution in [2.75, 3.05) is 19.0 Å². The molecule has 18 heteroatoms. The number of amides is 1. The minimum absolute atomic E-state index is 0.00472. The molecule has 356 valence electrons. The molecule has 66 heavy (non-hydrogen) atoms. The molecule has 13 nitrogen and oxygen atoms in total. The lowest BCUT2D eigenvalue weighted by Gasteiger charge is -2.35. The van der Waals surface area contributed by atoms with Gasteiger partial charge in [0.1, 0.15) is 35.2 Å². The van der Waals surface area contributed by atoms with Crippen molar-refractivity contribution in [3.05, 3.63) is 72.1 Å². The van der Waals surface area contributed by atoms with Gasteiger partial charge in [0.2, 0.25) is 13.3 Å². The number of halogens is 3. The number of rotatable bonds is 18. The molecular weight excluding hydrogens is 897 g/mol. The number of esters is 1. The maximum absolute atomic E-state index is 15.0. The molecular formula is C48H58F3N4O9PS. The highest BCUT2D eigenvalue weighted by molar-refractivity contribution is 7.59. The fraction of sp³-hybridized carbons (Fsp3) is 0.521. The predicted molar refractivity (Wildman–Crippen MR) is 246 cm³/mol. The number of benzene rings is 2. The number of alkyl halides is 3. The van der Waals surface area contributed by atoms with E-state index in [0.29, 0.717) is 38.9 Å². The number of hydrogen-bond acceptors (Lipinski definition) is 12. The Hall–Kier alpha value is -4.99. The highest BCUT2D eigenvalue weighted by atomic mass is 32.1. The van der Waals surface area contributed by atoms with Gasteiger partial charge in [0.05, 0.1) is 54.6 Å². The van der Waals surface area contributed by atoms with E-state index >= 15 is 4.79 Å². The number of aromatic nitrogens is 2. The molecule has 1 aliphatic heterocycles. The number of carbonyl (C=O) groups excluding carboxylic acids is 3. The van der Waals surface area contributed by atoms with Gasteiger partial charge in [-0.1, -0.05) is 45.0 Å². The summed E-state index contributed by atoms with van der Waals surface area (Å²) < 4.78 is 77.0. The van der Waals surface area contributed by atoms with Gasteiger partial charge < -0.3 is 34.1 Å². The fourth-order valence-electron chi connectivity index (χ4n) is 9.24. The van der Waals surface area contributed by atoms with Crippen molar-refractivity contribution in [3.63, 3.8) is 0 Å². The lowest BCUT2D eigenvalue weighted by Crippen LogP contribution is -2.48. The SMILES string of the molecule is C=C[C@@H]1C[C@]1(CC(=O)[C@@H]1C[C@@H](Oc2cc(-c3csc(NC(C)C)n3)nc3cc(OC)ccc23)CN1C(=O)[C@@H](CC(=O)OC1CCCC1)C(C)(C)C)P(=O)(O)Cc1ccccc1OC(F)(F)F. The first kappa shape index (κ1) is 48.9. The zero-order chi connectivity index (χ0) is 47.8. The number of fused-ring (bicyclic) bond motifs is 1. The Morgan fingerprint density at radius 1 is 1.05 bits per heavy atom. The first-order valence-electron chi connectivity index (χ1n) is 22.3. The normalized spacial score (nSPS) is 22.5. The minimum Gasteiger partial charge on any atom is -0.497 e. The number of allylic oxidation sites excluding steroid dienone is 1. The molecule has 2 aromatic carbocycles. The zero-order valence-electron chi connectivity index (χ0n) is 38.1. The molecule has 6 atom stereocenters. The van der Waals surface area contributed by atoms with E-state index in [1.54, 1.807) is 25.3 Å². The van der Waals surface area contributed by atoms with E-state index in [0.717, 1.165) is 31.7 Å². The Balaban J connectivity index is 1.23. The summed E-state index contributed by atoms with van der Waals surface area (Å²) in [6.07, 6.45) is -2.48. The number of hydrogen-bond donors (Lipinski definition) is 2. The highest BCUT2D eigenvalue weighted by Gasteiger charge is 2.65. The van der Waals surface area contributed by atoms with Crippen LogP contribution in [0, 0.1) is 17.3 Å². The van der Waals surface area contributed by atoms with Crippen molar-refractivity contribution in [2.45, 2.75) is 128 Å². The summed E-state index contributed by atoms with van der Waals surface area (Å²) in [5, 5.41) is 4.96. The van der Waals surface area contributed by atoms with Crippen LogP contribution in [-0.2, 0) is 29.8 Å². The summed E-state index contributed by atoms with van der Waals surface area (Å²) in [6, 6.07) is 11.2. The van der Waals surface area contributed by atoms with Crippen LogP contribution in [0.1, 0.15) is 91.5 Å². The molecule has 1 saturated heterocycles. The number of thiazole rings is 1. The van der Waals surface area contributed by atoms with Gasteiger partial charge in [-0.25, -0.2) is 9.97 Å². The van der Waals surface area contributed by atoms with Gasteiger partial charge in [0, 0.05) is 47.3 Å². The largest absolute Gasteiger partial charge is 0.573 e. The van der Waals surface area contributed by atoms with Crippen LogP contribution < -0.4 is 19.5 Å². The molecule has 2 saturated carbocycles. The second-order valence-corrected chi connectivity index (χ2v) is 22.5.